The number of carbonyl (C=O) groups is 2. The molecule has 0 heterocycles. The van der Waals surface area contributed by atoms with Gasteiger partial charge in [0.05, 0.1) is 7.11 Å². The molecular formula is C7H11ClO3. The van der Waals surface area contributed by atoms with Gasteiger partial charge in [0.15, 0.2) is 0 Å². The molecule has 0 aromatic rings. The van der Waals surface area contributed by atoms with Crippen molar-refractivity contribution in [2.45, 2.75) is 24.6 Å². The highest BCUT2D eigenvalue weighted by Crippen LogP contribution is 2.07. The third-order valence-corrected chi connectivity index (χ3v) is 1.63. The average molecular weight is 179 g/mol. The lowest BCUT2D eigenvalue weighted by Crippen LogP contribution is -2.15. The molecule has 0 rings (SSSR count). The molecule has 0 spiro atoms. The molecule has 3 nitrogen and oxygen atoms in total. The van der Waals surface area contributed by atoms with Gasteiger partial charge in [-0.3, -0.25) is 4.79 Å². The van der Waals surface area contributed by atoms with Crippen molar-refractivity contribution in [2.24, 2.45) is 0 Å². The van der Waals surface area contributed by atoms with Crippen LogP contribution in [0.2, 0.25) is 0 Å². The third-order valence-electron chi connectivity index (χ3n) is 1.24. The molecule has 0 aromatic carbocycles. The van der Waals surface area contributed by atoms with Gasteiger partial charge in [0.2, 0.25) is 0 Å². The number of halogens is 1. The first-order chi connectivity index (χ1) is 5.22. The van der Waals surface area contributed by atoms with E-state index in [0.717, 1.165) is 6.29 Å². The number of alkyl halides is 1. The summed E-state index contributed by atoms with van der Waals surface area (Å²) in [5.74, 6) is -0.433. The van der Waals surface area contributed by atoms with Crippen molar-refractivity contribution in [1.82, 2.24) is 0 Å². The number of aldehydes is 1. The van der Waals surface area contributed by atoms with Gasteiger partial charge in [-0.25, -0.2) is 0 Å². The van der Waals surface area contributed by atoms with Crippen LogP contribution < -0.4 is 0 Å². The Morgan fingerprint density at radius 3 is 2.82 bits per heavy atom. The summed E-state index contributed by atoms with van der Waals surface area (Å²) in [4.78, 5) is 20.5. The highest BCUT2D eigenvalue weighted by molar-refractivity contribution is 6.29. The second-order valence-electron chi connectivity index (χ2n) is 2.09. The highest BCUT2D eigenvalue weighted by atomic mass is 35.5. The summed E-state index contributed by atoms with van der Waals surface area (Å²) >= 11 is 5.58. The van der Waals surface area contributed by atoms with E-state index < -0.39 is 11.3 Å². The minimum Gasteiger partial charge on any atom is -0.468 e. The van der Waals surface area contributed by atoms with Crippen LogP contribution in [-0.2, 0) is 14.3 Å². The number of hydrogen-bond donors (Lipinski definition) is 0. The molecule has 1 unspecified atom stereocenters. The summed E-state index contributed by atoms with van der Waals surface area (Å²) in [6.07, 6.45) is 2.38. The lowest BCUT2D eigenvalue weighted by atomic mass is 10.2. The molecule has 4 heteroatoms. The van der Waals surface area contributed by atoms with Crippen LogP contribution >= 0.6 is 11.6 Å². The van der Waals surface area contributed by atoms with Gasteiger partial charge in [-0.15, -0.1) is 11.6 Å². The maximum absolute atomic E-state index is 10.7. The monoisotopic (exact) mass is 178 g/mol. The smallest absolute Gasteiger partial charge is 0.323 e. The van der Waals surface area contributed by atoms with Crippen LogP contribution in [0.4, 0.5) is 0 Å². The second kappa shape index (κ2) is 6.16. The Bertz CT molecular complexity index is 136. The van der Waals surface area contributed by atoms with Crippen molar-refractivity contribution in [3.8, 4) is 0 Å². The SMILES string of the molecule is COC(=O)C(Cl)CCCC=O. The van der Waals surface area contributed by atoms with E-state index in [1.807, 2.05) is 0 Å². The number of carbonyl (C=O) groups excluding carboxylic acids is 2. The van der Waals surface area contributed by atoms with Crippen LogP contribution in [0.3, 0.4) is 0 Å². The molecule has 0 bridgehead atoms. The highest BCUT2D eigenvalue weighted by Gasteiger charge is 2.14. The van der Waals surface area contributed by atoms with Crippen molar-refractivity contribution in [3.63, 3.8) is 0 Å². The fraction of sp³-hybridized carbons (Fsp3) is 0.714. The van der Waals surface area contributed by atoms with Crippen LogP contribution in [0, 0.1) is 0 Å². The number of rotatable bonds is 5. The zero-order valence-electron chi connectivity index (χ0n) is 6.38. The summed E-state index contributed by atoms with van der Waals surface area (Å²) in [7, 11) is 1.29. The molecule has 0 radical (unpaired) electrons. The fourth-order valence-electron chi connectivity index (χ4n) is 0.626. The first-order valence-electron chi connectivity index (χ1n) is 3.38. The lowest BCUT2D eigenvalue weighted by Gasteiger charge is -2.04. The predicted molar refractivity (Wildman–Crippen MR) is 41.6 cm³/mol. The van der Waals surface area contributed by atoms with E-state index in [0.29, 0.717) is 19.3 Å². The van der Waals surface area contributed by atoms with E-state index >= 15 is 0 Å². The summed E-state index contributed by atoms with van der Waals surface area (Å²) in [5, 5.41) is -0.611. The van der Waals surface area contributed by atoms with E-state index in [2.05, 4.69) is 4.74 Å². The average Bonchev–Trinajstić information content (AvgIpc) is 2.03. The Morgan fingerprint density at radius 2 is 2.36 bits per heavy atom. The Kier molecular flexibility index (Phi) is 5.84. The maximum Gasteiger partial charge on any atom is 0.323 e. The van der Waals surface area contributed by atoms with Crippen molar-refractivity contribution in [3.05, 3.63) is 0 Å². The number of esters is 1. The third kappa shape index (κ3) is 4.79. The summed E-state index contributed by atoms with van der Waals surface area (Å²) in [6.45, 7) is 0. The number of methoxy groups -OCH3 is 1. The molecule has 0 fully saturated rings. The lowest BCUT2D eigenvalue weighted by molar-refractivity contribution is -0.140. The minimum absolute atomic E-state index is 0.433. The predicted octanol–water partition coefficient (Wildman–Crippen LogP) is 1.14. The second-order valence-corrected chi connectivity index (χ2v) is 2.62. The Morgan fingerprint density at radius 1 is 1.73 bits per heavy atom. The van der Waals surface area contributed by atoms with Crippen LogP contribution in [0.5, 0.6) is 0 Å². The van der Waals surface area contributed by atoms with Gasteiger partial charge >= 0.3 is 5.97 Å². The summed E-state index contributed by atoms with van der Waals surface area (Å²) in [5.41, 5.74) is 0. The van der Waals surface area contributed by atoms with E-state index in [-0.39, 0.29) is 0 Å². The normalized spacial score (nSPS) is 12.2. The van der Waals surface area contributed by atoms with Crippen LogP contribution in [0.25, 0.3) is 0 Å². The first kappa shape index (κ1) is 10.4. The van der Waals surface area contributed by atoms with Crippen molar-refractivity contribution in [2.75, 3.05) is 7.11 Å². The van der Waals surface area contributed by atoms with Gasteiger partial charge in [-0.2, -0.15) is 0 Å². The van der Waals surface area contributed by atoms with Crippen molar-refractivity contribution < 1.29 is 14.3 Å². The molecule has 11 heavy (non-hydrogen) atoms. The zero-order valence-corrected chi connectivity index (χ0v) is 7.13. The Balaban J connectivity index is 3.43. The van der Waals surface area contributed by atoms with E-state index in [1.54, 1.807) is 0 Å². The first-order valence-corrected chi connectivity index (χ1v) is 3.81. The number of unbranched alkanes of at least 4 members (excludes halogenated alkanes) is 1. The van der Waals surface area contributed by atoms with Crippen LogP contribution in [0.15, 0.2) is 0 Å². The molecule has 1 atom stereocenters. The van der Waals surface area contributed by atoms with Gasteiger partial charge in [0, 0.05) is 6.42 Å². The zero-order chi connectivity index (χ0) is 8.69. The number of hydrogen-bond acceptors (Lipinski definition) is 3. The molecule has 0 aromatic heterocycles. The van der Waals surface area contributed by atoms with Gasteiger partial charge < -0.3 is 9.53 Å². The maximum atomic E-state index is 10.7. The molecule has 64 valence electrons. The molecule has 0 aliphatic rings. The molecule has 0 aliphatic carbocycles. The van der Waals surface area contributed by atoms with E-state index in [9.17, 15) is 9.59 Å². The molecule has 0 aliphatic heterocycles. The van der Waals surface area contributed by atoms with Crippen LogP contribution in [0.1, 0.15) is 19.3 Å². The minimum atomic E-state index is -0.611. The van der Waals surface area contributed by atoms with E-state index in [4.69, 9.17) is 11.6 Å². The van der Waals surface area contributed by atoms with Crippen molar-refractivity contribution in [1.29, 1.82) is 0 Å². The summed E-state index contributed by atoms with van der Waals surface area (Å²) in [6, 6.07) is 0. The fourth-order valence-corrected chi connectivity index (χ4v) is 0.870. The van der Waals surface area contributed by atoms with E-state index in [1.165, 1.54) is 7.11 Å². The quantitative estimate of drug-likeness (QED) is 0.274. The molecule has 0 N–H and O–H groups in total. The standard InChI is InChI=1S/C7H11ClO3/c1-11-7(10)6(8)4-2-3-5-9/h5-6H,2-4H2,1H3. The Hall–Kier alpha value is -0.570. The molecule has 0 saturated carbocycles. The largest absolute Gasteiger partial charge is 0.468 e. The van der Waals surface area contributed by atoms with Gasteiger partial charge in [-0.1, -0.05) is 0 Å². The molecular weight excluding hydrogens is 168 g/mol. The molecule has 0 saturated heterocycles. The van der Waals surface area contributed by atoms with Gasteiger partial charge in [0.25, 0.3) is 0 Å². The molecule has 0 amide bonds. The topological polar surface area (TPSA) is 43.4 Å². The van der Waals surface area contributed by atoms with Crippen LogP contribution in [-0.4, -0.2) is 24.7 Å². The Labute approximate surface area is 70.7 Å². The number of ether oxygens (including phenoxy) is 1. The summed E-state index contributed by atoms with van der Waals surface area (Å²) < 4.78 is 4.38. The van der Waals surface area contributed by atoms with Gasteiger partial charge in [0.1, 0.15) is 11.7 Å². The van der Waals surface area contributed by atoms with Gasteiger partial charge in [-0.05, 0) is 12.8 Å². The van der Waals surface area contributed by atoms with Crippen molar-refractivity contribution >= 4 is 23.9 Å².